The zero-order chi connectivity index (χ0) is 30.2. The minimum atomic E-state index is -4.79. The summed E-state index contributed by atoms with van der Waals surface area (Å²) in [7, 11) is 0. The molecule has 4 heterocycles. The van der Waals surface area contributed by atoms with Gasteiger partial charge in [-0.3, -0.25) is 14.6 Å². The van der Waals surface area contributed by atoms with Gasteiger partial charge < -0.3 is 19.2 Å². The number of carbonyl (C=O) groups excluding carboxylic acids is 1. The Bertz CT molecular complexity index is 1770. The number of hydrogen-bond acceptors (Lipinski definition) is 6. The van der Waals surface area contributed by atoms with Crippen LogP contribution in [-0.2, 0) is 19.1 Å². The van der Waals surface area contributed by atoms with E-state index in [9.17, 15) is 28.0 Å². The molecule has 0 radical (unpaired) electrons. The fourth-order valence-electron chi connectivity index (χ4n) is 5.28. The number of halogens is 3. The Morgan fingerprint density at radius 3 is 2.57 bits per heavy atom. The van der Waals surface area contributed by atoms with E-state index >= 15 is 0 Å². The van der Waals surface area contributed by atoms with Crippen LogP contribution in [0.5, 0.6) is 5.75 Å². The molecule has 42 heavy (non-hydrogen) atoms. The molecule has 216 valence electrons. The van der Waals surface area contributed by atoms with Gasteiger partial charge in [-0.2, -0.15) is 18.4 Å². The van der Waals surface area contributed by atoms with Crippen LogP contribution in [0, 0.1) is 18.3 Å². The van der Waals surface area contributed by atoms with Crippen LogP contribution in [0.2, 0.25) is 0 Å². The number of fused-ring (bicyclic) bond motifs is 1. The number of aryl methyl sites for hydroxylation is 1. The van der Waals surface area contributed by atoms with Gasteiger partial charge in [-0.05, 0) is 56.0 Å². The topological polar surface area (TPSA) is 117 Å². The van der Waals surface area contributed by atoms with Crippen molar-refractivity contribution in [1.82, 2.24) is 24.4 Å². The van der Waals surface area contributed by atoms with Gasteiger partial charge in [0, 0.05) is 61.1 Å². The highest BCUT2D eigenvalue weighted by atomic mass is 19.4. The van der Waals surface area contributed by atoms with E-state index in [2.05, 4.69) is 15.0 Å². The molecule has 1 aliphatic rings. The fraction of sp³-hybridized carbons (Fsp3) is 0.300. The van der Waals surface area contributed by atoms with Gasteiger partial charge in [-0.15, -0.1) is 0 Å². The number of alkyl halides is 3. The lowest BCUT2D eigenvalue weighted by Crippen LogP contribution is -2.40. The Labute approximate surface area is 239 Å². The number of aromatic amines is 1. The normalized spacial score (nSPS) is 13.9. The molecule has 0 spiro atoms. The van der Waals surface area contributed by atoms with E-state index < -0.39 is 23.3 Å². The van der Waals surface area contributed by atoms with Crippen LogP contribution in [0.15, 0.2) is 53.8 Å². The molecular weight excluding hydrogens is 549 g/mol. The maximum absolute atomic E-state index is 14.1. The molecular formula is C30H27F3N6O3. The second-order valence-electron chi connectivity index (χ2n) is 9.97. The van der Waals surface area contributed by atoms with E-state index in [4.69, 9.17) is 4.74 Å². The van der Waals surface area contributed by atoms with E-state index in [1.807, 2.05) is 10.6 Å². The van der Waals surface area contributed by atoms with Crippen molar-refractivity contribution in [2.75, 3.05) is 13.2 Å². The monoisotopic (exact) mass is 576 g/mol. The summed E-state index contributed by atoms with van der Waals surface area (Å²) in [5, 5.41) is 9.38. The van der Waals surface area contributed by atoms with Crippen LogP contribution in [-0.4, -0.2) is 43.5 Å². The van der Waals surface area contributed by atoms with E-state index in [-0.39, 0.29) is 47.7 Å². The third-order valence-electron chi connectivity index (χ3n) is 7.40. The molecule has 0 saturated heterocycles. The predicted octanol–water partition coefficient (Wildman–Crippen LogP) is 5.04. The van der Waals surface area contributed by atoms with E-state index in [1.165, 1.54) is 6.20 Å². The first kappa shape index (κ1) is 28.6. The number of hydrogen-bond donors (Lipinski definition) is 1. The van der Waals surface area contributed by atoms with Crippen molar-refractivity contribution in [3.63, 3.8) is 0 Å². The molecule has 0 bridgehead atoms. The molecule has 1 atom stereocenters. The Hall–Kier alpha value is -4.92. The van der Waals surface area contributed by atoms with Crippen LogP contribution >= 0.6 is 0 Å². The maximum atomic E-state index is 14.1. The standard InChI is InChI=1S/C30H27F3N6O3/c1-4-42-27-12-26(36-14-20(27)13-34)17(2)39-7-5-21-22(24-15-37-28(40)11-25(24)30(31,32)33)9-19(10-23(21)29(39)41)16-38-8-6-35-18(38)3/h6,8-12,14-15,17H,4-5,7,16H2,1-3H3,(H,37,40)/t17-/m0/s1. The van der Waals surface area contributed by atoms with Gasteiger partial charge in [0.15, 0.2) is 0 Å². The van der Waals surface area contributed by atoms with Crippen LogP contribution < -0.4 is 10.3 Å². The van der Waals surface area contributed by atoms with Crippen molar-refractivity contribution in [2.45, 2.75) is 46.0 Å². The molecule has 3 aromatic heterocycles. The number of rotatable bonds is 7. The molecule has 9 nitrogen and oxygen atoms in total. The largest absolute Gasteiger partial charge is 0.492 e. The highest BCUT2D eigenvalue weighted by molar-refractivity contribution is 5.99. The van der Waals surface area contributed by atoms with Crippen LogP contribution in [0.1, 0.15) is 64.0 Å². The number of aromatic nitrogens is 4. The first-order chi connectivity index (χ1) is 20.0. The summed E-state index contributed by atoms with van der Waals surface area (Å²) in [5.41, 5.74) is 0.216. The minimum Gasteiger partial charge on any atom is -0.492 e. The third kappa shape index (κ3) is 5.37. The number of H-pyrrole nitrogens is 1. The second-order valence-corrected chi connectivity index (χ2v) is 9.97. The molecule has 0 fully saturated rings. The number of carbonyl (C=O) groups is 1. The minimum absolute atomic E-state index is 0.202. The van der Waals surface area contributed by atoms with Crippen molar-refractivity contribution in [3.05, 3.63) is 98.7 Å². The number of benzene rings is 1. The SMILES string of the molecule is CCOc1cc([C@H](C)N2CCc3c(cc(Cn4ccnc4C)cc3-c3c[nH]c(=O)cc3C(F)(F)F)C2=O)ncc1C#N. The highest BCUT2D eigenvalue weighted by Crippen LogP contribution is 2.40. The number of nitrogens with one attached hydrogen (secondary N) is 1. The van der Waals surface area contributed by atoms with Gasteiger partial charge in [0.25, 0.3) is 5.91 Å². The van der Waals surface area contributed by atoms with Crippen LogP contribution in [0.3, 0.4) is 0 Å². The summed E-state index contributed by atoms with van der Waals surface area (Å²) in [6, 6.07) is 7.05. The van der Waals surface area contributed by atoms with Crippen molar-refractivity contribution in [3.8, 4) is 22.9 Å². The van der Waals surface area contributed by atoms with Crippen molar-refractivity contribution in [2.24, 2.45) is 0 Å². The van der Waals surface area contributed by atoms with Gasteiger partial charge in [0.2, 0.25) is 5.56 Å². The number of imidazole rings is 1. The average Bonchev–Trinajstić information content (AvgIpc) is 3.36. The Balaban J connectivity index is 1.62. The van der Waals surface area contributed by atoms with E-state index in [0.29, 0.717) is 41.1 Å². The zero-order valence-corrected chi connectivity index (χ0v) is 23.1. The summed E-state index contributed by atoms with van der Waals surface area (Å²) in [4.78, 5) is 38.5. The summed E-state index contributed by atoms with van der Waals surface area (Å²) >= 11 is 0. The van der Waals surface area contributed by atoms with E-state index in [0.717, 1.165) is 6.20 Å². The van der Waals surface area contributed by atoms with E-state index in [1.54, 1.807) is 56.3 Å². The Morgan fingerprint density at radius 1 is 1.14 bits per heavy atom. The smallest absolute Gasteiger partial charge is 0.417 e. The molecule has 12 heteroatoms. The lowest BCUT2D eigenvalue weighted by molar-refractivity contribution is -0.137. The highest BCUT2D eigenvalue weighted by Gasteiger charge is 2.37. The second kappa shape index (κ2) is 11.2. The molecule has 0 unspecified atom stereocenters. The summed E-state index contributed by atoms with van der Waals surface area (Å²) < 4.78 is 49.7. The Morgan fingerprint density at radius 2 is 1.90 bits per heavy atom. The number of nitriles is 1. The third-order valence-corrected chi connectivity index (χ3v) is 7.40. The summed E-state index contributed by atoms with van der Waals surface area (Å²) in [5.74, 6) is 0.698. The number of nitrogens with zero attached hydrogens (tertiary/aromatic N) is 5. The molecule has 4 aromatic rings. The lowest BCUT2D eigenvalue weighted by Gasteiger charge is -2.35. The van der Waals surface area contributed by atoms with Crippen molar-refractivity contribution >= 4 is 5.91 Å². The number of ether oxygens (including phenoxy) is 1. The molecule has 5 rings (SSSR count). The van der Waals surface area contributed by atoms with Gasteiger partial charge in [-0.25, -0.2) is 4.98 Å². The Kier molecular flexibility index (Phi) is 7.60. The van der Waals surface area contributed by atoms with Gasteiger partial charge in [0.1, 0.15) is 23.2 Å². The first-order valence-corrected chi connectivity index (χ1v) is 13.3. The maximum Gasteiger partial charge on any atom is 0.417 e. The average molecular weight is 577 g/mol. The number of amides is 1. The molecule has 1 aromatic carbocycles. The number of pyridine rings is 2. The van der Waals surface area contributed by atoms with Gasteiger partial charge in [0.05, 0.1) is 23.9 Å². The fourth-order valence-corrected chi connectivity index (χ4v) is 5.28. The van der Waals surface area contributed by atoms with Crippen molar-refractivity contribution < 1.29 is 22.7 Å². The summed E-state index contributed by atoms with van der Waals surface area (Å²) in [6.45, 7) is 6.23. The van der Waals surface area contributed by atoms with Crippen LogP contribution in [0.4, 0.5) is 13.2 Å². The first-order valence-electron chi connectivity index (χ1n) is 13.3. The molecule has 1 aliphatic heterocycles. The lowest BCUT2D eigenvalue weighted by atomic mass is 9.86. The molecule has 0 saturated carbocycles. The molecule has 1 N–H and O–H groups in total. The zero-order valence-electron chi connectivity index (χ0n) is 23.1. The van der Waals surface area contributed by atoms with Gasteiger partial charge in [-0.1, -0.05) is 0 Å². The van der Waals surface area contributed by atoms with Crippen molar-refractivity contribution in [1.29, 1.82) is 5.26 Å². The molecule has 0 aliphatic carbocycles. The van der Waals surface area contributed by atoms with Gasteiger partial charge >= 0.3 is 6.18 Å². The quantitative estimate of drug-likeness (QED) is 0.330. The summed E-state index contributed by atoms with van der Waals surface area (Å²) in [6.07, 6.45) is 1.31. The van der Waals surface area contributed by atoms with Crippen LogP contribution in [0.25, 0.3) is 11.1 Å². The predicted molar refractivity (Wildman–Crippen MR) is 147 cm³/mol. The molecule has 1 amide bonds.